The summed E-state index contributed by atoms with van der Waals surface area (Å²) < 4.78 is 0. The van der Waals surface area contributed by atoms with Crippen molar-refractivity contribution in [3.63, 3.8) is 0 Å². The largest absolute Gasteiger partial charge is 0.507 e. The summed E-state index contributed by atoms with van der Waals surface area (Å²) in [5, 5.41) is 20.5. The fourth-order valence-electron chi connectivity index (χ4n) is 1.96. The molecule has 5 nitrogen and oxygen atoms in total. The summed E-state index contributed by atoms with van der Waals surface area (Å²) in [6.45, 7) is 6.34. The minimum absolute atomic E-state index is 0.0131. The molecule has 0 spiro atoms. The second-order valence-corrected chi connectivity index (χ2v) is 6.06. The average Bonchev–Trinajstić information content (AvgIpc) is 2.45. The van der Waals surface area contributed by atoms with Gasteiger partial charge in [-0.15, -0.1) is 0 Å². The van der Waals surface area contributed by atoms with Crippen LogP contribution in [0.25, 0.3) is 0 Å². The van der Waals surface area contributed by atoms with Gasteiger partial charge in [0.2, 0.25) is 0 Å². The number of rotatable bonds is 3. The highest BCUT2D eigenvalue weighted by molar-refractivity contribution is 5.86. The summed E-state index contributed by atoms with van der Waals surface area (Å²) in [4.78, 5) is 14.6. The normalized spacial score (nSPS) is 11.8. The maximum Gasteiger partial charge on any atom is 0.270 e. The first-order valence-electron chi connectivity index (χ1n) is 6.89. The van der Waals surface area contributed by atoms with E-state index in [0.717, 1.165) is 11.3 Å². The molecular formula is C17H18N2O3. The zero-order chi connectivity index (χ0) is 16.3. The maximum absolute atomic E-state index is 10.8. The number of hydrogen-bond donors (Lipinski definition) is 1. The minimum atomic E-state index is -0.503. The number of nitro benzene ring substituents is 1. The summed E-state index contributed by atoms with van der Waals surface area (Å²) >= 11 is 0. The van der Waals surface area contributed by atoms with Gasteiger partial charge in [0, 0.05) is 23.9 Å². The fourth-order valence-corrected chi connectivity index (χ4v) is 1.96. The van der Waals surface area contributed by atoms with Gasteiger partial charge in [0.15, 0.2) is 0 Å². The third kappa shape index (κ3) is 3.69. The lowest BCUT2D eigenvalue weighted by Crippen LogP contribution is -2.10. The second-order valence-electron chi connectivity index (χ2n) is 6.06. The van der Waals surface area contributed by atoms with Crippen LogP contribution in [0, 0.1) is 10.1 Å². The van der Waals surface area contributed by atoms with Gasteiger partial charge in [0.25, 0.3) is 5.69 Å². The van der Waals surface area contributed by atoms with Crippen molar-refractivity contribution in [1.82, 2.24) is 0 Å². The van der Waals surface area contributed by atoms with Gasteiger partial charge >= 0.3 is 0 Å². The molecular weight excluding hydrogens is 280 g/mol. The van der Waals surface area contributed by atoms with Crippen molar-refractivity contribution in [2.45, 2.75) is 26.2 Å². The average molecular weight is 298 g/mol. The van der Waals surface area contributed by atoms with E-state index in [9.17, 15) is 15.2 Å². The first kappa shape index (κ1) is 15.7. The Morgan fingerprint density at radius 2 is 1.91 bits per heavy atom. The molecule has 2 aromatic rings. The number of phenols is 1. The third-order valence-electron chi connectivity index (χ3n) is 3.29. The van der Waals surface area contributed by atoms with Crippen LogP contribution in [0.3, 0.4) is 0 Å². The molecule has 0 amide bonds. The highest BCUT2D eigenvalue weighted by atomic mass is 16.6. The van der Waals surface area contributed by atoms with Gasteiger partial charge in [-0.05, 0) is 29.2 Å². The quantitative estimate of drug-likeness (QED) is 0.520. The Bertz CT molecular complexity index is 731. The predicted octanol–water partition coefficient (Wildman–Crippen LogP) is 4.35. The van der Waals surface area contributed by atoms with Crippen molar-refractivity contribution in [2.75, 3.05) is 0 Å². The van der Waals surface area contributed by atoms with Gasteiger partial charge in [-0.1, -0.05) is 32.9 Å². The Kier molecular flexibility index (Phi) is 4.26. The summed E-state index contributed by atoms with van der Waals surface area (Å²) in [6.07, 6.45) is 1.43. The van der Waals surface area contributed by atoms with E-state index < -0.39 is 4.92 Å². The van der Waals surface area contributed by atoms with Gasteiger partial charge in [-0.2, -0.15) is 0 Å². The smallest absolute Gasteiger partial charge is 0.270 e. The molecule has 0 radical (unpaired) electrons. The molecule has 1 N–H and O–H groups in total. The molecule has 0 aliphatic rings. The number of hydrogen-bond acceptors (Lipinski definition) is 4. The summed E-state index contributed by atoms with van der Waals surface area (Å²) in [5.74, 6) is -0.0404. The summed E-state index contributed by atoms with van der Waals surface area (Å²) in [5.41, 5.74) is 2.13. The monoisotopic (exact) mass is 298 g/mol. The minimum Gasteiger partial charge on any atom is -0.507 e. The van der Waals surface area contributed by atoms with Crippen molar-refractivity contribution in [1.29, 1.82) is 0 Å². The zero-order valence-corrected chi connectivity index (χ0v) is 12.8. The van der Waals surface area contributed by atoms with Crippen LogP contribution >= 0.6 is 0 Å². The van der Waals surface area contributed by atoms with Crippen molar-refractivity contribution in [2.24, 2.45) is 4.99 Å². The van der Waals surface area contributed by atoms with E-state index in [1.165, 1.54) is 24.4 Å². The fraction of sp³-hybridized carbons (Fsp3) is 0.235. The lowest BCUT2D eigenvalue weighted by Gasteiger charge is -2.18. The van der Waals surface area contributed by atoms with Gasteiger partial charge in [0.1, 0.15) is 5.75 Å². The van der Waals surface area contributed by atoms with Gasteiger partial charge in [-0.3, -0.25) is 15.1 Å². The first-order chi connectivity index (χ1) is 10.3. The number of aliphatic imine (C=N–C) groups is 1. The maximum atomic E-state index is 10.8. The number of phenolic OH excluding ortho intramolecular Hbond substituents is 1. The first-order valence-corrected chi connectivity index (χ1v) is 6.89. The van der Waals surface area contributed by atoms with E-state index in [1.54, 1.807) is 0 Å². The Hall–Kier alpha value is -2.69. The summed E-state index contributed by atoms with van der Waals surface area (Å²) in [7, 11) is 0. The topological polar surface area (TPSA) is 75.7 Å². The molecule has 0 fully saturated rings. The van der Waals surface area contributed by atoms with E-state index in [-0.39, 0.29) is 16.9 Å². The van der Waals surface area contributed by atoms with Crippen molar-refractivity contribution >= 4 is 17.6 Å². The van der Waals surface area contributed by atoms with Crippen LogP contribution in [0.5, 0.6) is 5.75 Å². The molecule has 0 aromatic heterocycles. The standard InChI is InChI=1S/C17H18N2O3/c1-17(2,3)13-5-4-6-14(10-13)18-11-12-9-15(19(21)22)7-8-16(12)20/h4-11,20H,1-3H3/b18-11+. The van der Waals surface area contributed by atoms with E-state index >= 15 is 0 Å². The van der Waals surface area contributed by atoms with E-state index in [2.05, 4.69) is 25.8 Å². The number of non-ortho nitro benzene ring substituents is 1. The van der Waals surface area contributed by atoms with Crippen LogP contribution in [-0.2, 0) is 5.41 Å². The molecule has 0 saturated carbocycles. The molecule has 5 heteroatoms. The number of benzene rings is 2. The molecule has 2 aromatic carbocycles. The van der Waals surface area contributed by atoms with Crippen molar-refractivity contribution in [3.8, 4) is 5.75 Å². The van der Waals surface area contributed by atoms with Gasteiger partial charge in [0.05, 0.1) is 10.6 Å². The van der Waals surface area contributed by atoms with E-state index in [1.807, 2.05) is 24.3 Å². The predicted molar refractivity (Wildman–Crippen MR) is 87.2 cm³/mol. The molecule has 0 unspecified atom stereocenters. The van der Waals surface area contributed by atoms with Crippen molar-refractivity contribution in [3.05, 3.63) is 63.7 Å². The molecule has 0 aliphatic carbocycles. The number of aromatic hydroxyl groups is 1. The summed E-state index contributed by atoms with van der Waals surface area (Å²) in [6, 6.07) is 11.6. The van der Waals surface area contributed by atoms with Crippen LogP contribution < -0.4 is 0 Å². The second kappa shape index (κ2) is 5.97. The Balaban J connectivity index is 2.33. The third-order valence-corrected chi connectivity index (χ3v) is 3.29. The lowest BCUT2D eigenvalue weighted by atomic mass is 9.87. The molecule has 0 bridgehead atoms. The van der Waals surface area contributed by atoms with E-state index in [0.29, 0.717) is 5.56 Å². The Morgan fingerprint density at radius 1 is 1.18 bits per heavy atom. The molecule has 0 heterocycles. The molecule has 0 atom stereocenters. The molecule has 0 saturated heterocycles. The highest BCUT2D eigenvalue weighted by Crippen LogP contribution is 2.26. The van der Waals surface area contributed by atoms with Crippen LogP contribution in [-0.4, -0.2) is 16.2 Å². The van der Waals surface area contributed by atoms with Crippen LogP contribution in [0.4, 0.5) is 11.4 Å². The molecule has 22 heavy (non-hydrogen) atoms. The zero-order valence-electron chi connectivity index (χ0n) is 12.8. The van der Waals surface area contributed by atoms with Crippen molar-refractivity contribution < 1.29 is 10.0 Å². The van der Waals surface area contributed by atoms with Gasteiger partial charge < -0.3 is 5.11 Å². The lowest BCUT2D eigenvalue weighted by molar-refractivity contribution is -0.384. The van der Waals surface area contributed by atoms with Gasteiger partial charge in [-0.25, -0.2) is 0 Å². The van der Waals surface area contributed by atoms with Crippen LogP contribution in [0.15, 0.2) is 47.5 Å². The molecule has 2 rings (SSSR count). The molecule has 0 aliphatic heterocycles. The Labute approximate surface area is 129 Å². The molecule has 114 valence electrons. The number of nitrogens with zero attached hydrogens (tertiary/aromatic N) is 2. The highest BCUT2D eigenvalue weighted by Gasteiger charge is 2.13. The number of nitro groups is 1. The van der Waals surface area contributed by atoms with Crippen LogP contribution in [0.1, 0.15) is 31.9 Å². The van der Waals surface area contributed by atoms with E-state index in [4.69, 9.17) is 0 Å². The van der Waals surface area contributed by atoms with Crippen LogP contribution in [0.2, 0.25) is 0 Å². The Morgan fingerprint density at radius 3 is 2.55 bits per heavy atom. The SMILES string of the molecule is CC(C)(C)c1cccc(/N=C/c2cc([N+](=O)[O-])ccc2O)c1.